The van der Waals surface area contributed by atoms with E-state index in [1.165, 1.54) is 0 Å². The Labute approximate surface area is 88.7 Å². The van der Waals surface area contributed by atoms with E-state index < -0.39 is 0 Å². The summed E-state index contributed by atoms with van der Waals surface area (Å²) < 4.78 is 0. The number of nitrogens with zero attached hydrogens (tertiary/aromatic N) is 2. The predicted molar refractivity (Wildman–Crippen MR) is 61.5 cm³/mol. The molecule has 0 radical (unpaired) electrons. The molecule has 0 aromatic carbocycles. The second-order valence-corrected chi connectivity index (χ2v) is 4.86. The van der Waals surface area contributed by atoms with Gasteiger partial charge in [0.2, 0.25) is 0 Å². The Kier molecular flexibility index (Phi) is 6.33. The molecule has 0 saturated carbocycles. The van der Waals surface area contributed by atoms with E-state index in [0.717, 1.165) is 26.1 Å². The Hall–Kier alpha value is -0.120. The number of aliphatic hydroxyl groups excluding tert-OH is 1. The Balaban J connectivity index is 3.85. The highest BCUT2D eigenvalue weighted by Crippen LogP contribution is 2.20. The van der Waals surface area contributed by atoms with Crippen molar-refractivity contribution in [2.45, 2.75) is 20.3 Å². The van der Waals surface area contributed by atoms with Crippen molar-refractivity contribution in [3.8, 4) is 0 Å². The summed E-state index contributed by atoms with van der Waals surface area (Å²) in [4.78, 5) is 4.47. The van der Waals surface area contributed by atoms with Crippen LogP contribution in [-0.2, 0) is 0 Å². The maximum atomic E-state index is 9.27. The molecule has 86 valence electrons. The van der Waals surface area contributed by atoms with Crippen molar-refractivity contribution in [2.24, 2.45) is 5.41 Å². The quantitative estimate of drug-likeness (QED) is 0.664. The molecule has 3 nitrogen and oxygen atoms in total. The first-order valence-electron chi connectivity index (χ1n) is 5.37. The van der Waals surface area contributed by atoms with Gasteiger partial charge in [-0.25, -0.2) is 0 Å². The van der Waals surface area contributed by atoms with E-state index in [0.29, 0.717) is 0 Å². The van der Waals surface area contributed by atoms with Crippen LogP contribution in [0.1, 0.15) is 20.3 Å². The summed E-state index contributed by atoms with van der Waals surface area (Å²) in [5.41, 5.74) is 0.0566. The Morgan fingerprint density at radius 1 is 1.14 bits per heavy atom. The minimum atomic E-state index is 0.0566. The lowest BCUT2D eigenvalue weighted by Gasteiger charge is -2.31. The summed E-state index contributed by atoms with van der Waals surface area (Å²) in [6.07, 6.45) is 1.02. The molecule has 0 bridgehead atoms. The molecular weight excluding hydrogens is 176 g/mol. The average molecular weight is 202 g/mol. The predicted octanol–water partition coefficient (Wildman–Crippen LogP) is 0.888. The molecule has 0 amide bonds. The maximum Gasteiger partial charge on any atom is 0.0496 e. The highest BCUT2D eigenvalue weighted by molar-refractivity contribution is 4.75. The van der Waals surface area contributed by atoms with Crippen molar-refractivity contribution in [3.63, 3.8) is 0 Å². The van der Waals surface area contributed by atoms with Crippen molar-refractivity contribution >= 4 is 0 Å². The highest BCUT2D eigenvalue weighted by Gasteiger charge is 2.22. The first kappa shape index (κ1) is 13.9. The zero-order chi connectivity index (χ0) is 11.2. The van der Waals surface area contributed by atoms with E-state index in [9.17, 15) is 5.11 Å². The lowest BCUT2D eigenvalue weighted by Crippen LogP contribution is -2.38. The van der Waals surface area contributed by atoms with Crippen LogP contribution in [0.15, 0.2) is 0 Å². The number of hydrogen-bond acceptors (Lipinski definition) is 3. The van der Waals surface area contributed by atoms with Gasteiger partial charge in [0.15, 0.2) is 0 Å². The summed E-state index contributed by atoms with van der Waals surface area (Å²) >= 11 is 0. The van der Waals surface area contributed by atoms with Gasteiger partial charge in [-0.05, 0) is 27.6 Å². The Morgan fingerprint density at radius 3 is 2.07 bits per heavy atom. The van der Waals surface area contributed by atoms with Crippen LogP contribution in [0.25, 0.3) is 0 Å². The van der Waals surface area contributed by atoms with Crippen LogP contribution in [0.3, 0.4) is 0 Å². The molecule has 1 atom stereocenters. The van der Waals surface area contributed by atoms with Gasteiger partial charge in [-0.1, -0.05) is 13.8 Å². The van der Waals surface area contributed by atoms with E-state index >= 15 is 0 Å². The summed E-state index contributed by atoms with van der Waals surface area (Å²) in [5.74, 6) is 0. The van der Waals surface area contributed by atoms with E-state index in [-0.39, 0.29) is 12.0 Å². The second kappa shape index (κ2) is 6.38. The summed E-state index contributed by atoms with van der Waals surface area (Å²) in [6, 6.07) is 0. The lowest BCUT2D eigenvalue weighted by atomic mass is 9.88. The van der Waals surface area contributed by atoms with Crippen LogP contribution in [0, 0.1) is 5.41 Å². The fraction of sp³-hybridized carbons (Fsp3) is 1.00. The molecule has 0 spiro atoms. The average Bonchev–Trinajstić information content (AvgIpc) is 2.14. The van der Waals surface area contributed by atoms with Crippen molar-refractivity contribution in [1.82, 2.24) is 9.80 Å². The number of likely N-dealkylation sites (N-methyl/N-ethyl adjacent to an activating group) is 2. The fourth-order valence-corrected chi connectivity index (χ4v) is 1.38. The highest BCUT2D eigenvalue weighted by atomic mass is 16.3. The van der Waals surface area contributed by atoms with Gasteiger partial charge >= 0.3 is 0 Å². The first-order chi connectivity index (χ1) is 6.43. The van der Waals surface area contributed by atoms with Crippen molar-refractivity contribution in [2.75, 3.05) is 47.4 Å². The van der Waals surface area contributed by atoms with Crippen molar-refractivity contribution < 1.29 is 5.11 Å². The van der Waals surface area contributed by atoms with Gasteiger partial charge in [-0.15, -0.1) is 0 Å². The summed E-state index contributed by atoms with van der Waals surface area (Å²) in [7, 11) is 6.28. The Morgan fingerprint density at radius 2 is 1.71 bits per heavy atom. The minimum absolute atomic E-state index is 0.0566. The van der Waals surface area contributed by atoms with E-state index in [1.54, 1.807) is 0 Å². The van der Waals surface area contributed by atoms with Gasteiger partial charge in [0, 0.05) is 31.7 Å². The van der Waals surface area contributed by atoms with Crippen molar-refractivity contribution in [3.05, 3.63) is 0 Å². The number of rotatable bonds is 7. The summed E-state index contributed by atoms with van der Waals surface area (Å²) in [6.45, 7) is 7.64. The van der Waals surface area contributed by atoms with Crippen molar-refractivity contribution in [1.29, 1.82) is 0 Å². The number of hydrogen-bond donors (Lipinski definition) is 1. The van der Waals surface area contributed by atoms with Gasteiger partial charge in [-0.3, -0.25) is 0 Å². The van der Waals surface area contributed by atoms with Gasteiger partial charge in [-0.2, -0.15) is 0 Å². The molecule has 14 heavy (non-hydrogen) atoms. The smallest absolute Gasteiger partial charge is 0.0496 e. The standard InChI is InChI=1S/C11H26N2O/c1-6-11(2,10-14)9-13(5)8-7-12(3)4/h14H,6-10H2,1-5H3. The molecule has 1 unspecified atom stereocenters. The molecule has 0 rings (SSSR count). The zero-order valence-corrected chi connectivity index (χ0v) is 10.4. The van der Waals surface area contributed by atoms with E-state index in [4.69, 9.17) is 0 Å². The molecule has 3 heteroatoms. The van der Waals surface area contributed by atoms with Crippen LogP contribution in [0.2, 0.25) is 0 Å². The molecule has 0 aliphatic carbocycles. The third-order valence-electron chi connectivity index (χ3n) is 2.82. The van der Waals surface area contributed by atoms with Crippen LogP contribution >= 0.6 is 0 Å². The van der Waals surface area contributed by atoms with Gasteiger partial charge in [0.1, 0.15) is 0 Å². The third-order valence-corrected chi connectivity index (χ3v) is 2.82. The molecule has 0 saturated heterocycles. The number of aliphatic hydroxyl groups is 1. The molecule has 0 aliphatic heterocycles. The van der Waals surface area contributed by atoms with Gasteiger partial charge in [0.05, 0.1) is 0 Å². The largest absolute Gasteiger partial charge is 0.396 e. The second-order valence-electron chi connectivity index (χ2n) is 4.86. The molecular formula is C11H26N2O. The van der Waals surface area contributed by atoms with Gasteiger partial charge < -0.3 is 14.9 Å². The maximum absolute atomic E-state index is 9.27. The normalized spacial score (nSPS) is 16.3. The summed E-state index contributed by atoms with van der Waals surface area (Å²) in [5, 5.41) is 9.27. The topological polar surface area (TPSA) is 26.7 Å². The Bertz CT molecular complexity index is 144. The first-order valence-corrected chi connectivity index (χ1v) is 5.37. The molecule has 0 heterocycles. The van der Waals surface area contributed by atoms with Crippen LogP contribution in [0.5, 0.6) is 0 Å². The third kappa shape index (κ3) is 5.58. The van der Waals surface area contributed by atoms with Crippen LogP contribution < -0.4 is 0 Å². The molecule has 0 aliphatic rings. The van der Waals surface area contributed by atoms with E-state index in [2.05, 4.69) is 44.8 Å². The minimum Gasteiger partial charge on any atom is -0.396 e. The van der Waals surface area contributed by atoms with Gasteiger partial charge in [0.25, 0.3) is 0 Å². The van der Waals surface area contributed by atoms with E-state index in [1.807, 2.05) is 0 Å². The van der Waals surface area contributed by atoms with Crippen LogP contribution in [-0.4, -0.2) is 62.3 Å². The fourth-order valence-electron chi connectivity index (χ4n) is 1.38. The molecule has 0 fully saturated rings. The SMILES string of the molecule is CCC(C)(CO)CN(C)CCN(C)C. The monoisotopic (exact) mass is 202 g/mol. The zero-order valence-electron chi connectivity index (χ0n) is 10.4. The molecule has 0 aromatic rings. The lowest BCUT2D eigenvalue weighted by molar-refractivity contribution is 0.0929. The van der Waals surface area contributed by atoms with Crippen LogP contribution in [0.4, 0.5) is 0 Å². The molecule has 0 aromatic heterocycles. The molecule has 1 N–H and O–H groups in total.